The molecule has 0 aliphatic rings. The Morgan fingerprint density at radius 1 is 1.24 bits per heavy atom. The van der Waals surface area contributed by atoms with Crippen molar-refractivity contribution in [2.75, 3.05) is 12.8 Å². The Balaban J connectivity index is 5.13. The van der Waals surface area contributed by atoms with Crippen molar-refractivity contribution in [2.45, 2.75) is 60.4 Å². The lowest BCUT2D eigenvalue weighted by atomic mass is 9.80. The summed E-state index contributed by atoms with van der Waals surface area (Å²) in [6, 6.07) is 0. The molecule has 104 valence electrons. The standard InChI is InChI=1S/C13H29NO2S/c1-11(12(2,3)4)9-10-14(13(5,6)7)17(8,15)16/h11H,9-10H2,1-8H3/i1D,11D. The normalized spacial score (nSPS) is 19.8. The molecule has 0 saturated carbocycles. The molecule has 0 bridgehead atoms. The topological polar surface area (TPSA) is 37.4 Å². The van der Waals surface area contributed by atoms with E-state index >= 15 is 0 Å². The maximum atomic E-state index is 11.9. The number of sulfonamides is 1. The van der Waals surface area contributed by atoms with Crippen LogP contribution in [0.4, 0.5) is 0 Å². The molecule has 1 atom stereocenters. The van der Waals surface area contributed by atoms with E-state index in [-0.39, 0.29) is 18.9 Å². The molecule has 0 saturated heterocycles. The number of hydrogen-bond donors (Lipinski definition) is 0. The van der Waals surface area contributed by atoms with Crippen molar-refractivity contribution in [3.8, 4) is 0 Å². The summed E-state index contributed by atoms with van der Waals surface area (Å²) in [4.78, 5) is 0. The highest BCUT2D eigenvalue weighted by Crippen LogP contribution is 2.29. The van der Waals surface area contributed by atoms with Gasteiger partial charge in [0.1, 0.15) is 0 Å². The van der Waals surface area contributed by atoms with Crippen LogP contribution >= 0.6 is 0 Å². The summed E-state index contributed by atoms with van der Waals surface area (Å²) >= 11 is 0. The maximum absolute atomic E-state index is 11.9. The van der Waals surface area contributed by atoms with Gasteiger partial charge in [-0.3, -0.25) is 0 Å². The van der Waals surface area contributed by atoms with E-state index in [1.54, 1.807) is 0 Å². The van der Waals surface area contributed by atoms with E-state index in [1.807, 2.05) is 41.5 Å². The van der Waals surface area contributed by atoms with Crippen molar-refractivity contribution < 1.29 is 11.2 Å². The van der Waals surface area contributed by atoms with Crippen LogP contribution in [0.1, 0.15) is 57.6 Å². The summed E-state index contributed by atoms with van der Waals surface area (Å²) in [6.45, 7) is 11.6. The first kappa shape index (κ1) is 13.3. The van der Waals surface area contributed by atoms with E-state index in [2.05, 4.69) is 0 Å². The quantitative estimate of drug-likeness (QED) is 0.783. The molecule has 0 N–H and O–H groups in total. The van der Waals surface area contributed by atoms with Gasteiger partial charge < -0.3 is 0 Å². The van der Waals surface area contributed by atoms with Gasteiger partial charge in [-0.05, 0) is 38.5 Å². The molecule has 0 rings (SSSR count). The largest absolute Gasteiger partial charge is 0.212 e. The highest BCUT2D eigenvalue weighted by Gasteiger charge is 2.30. The van der Waals surface area contributed by atoms with Crippen molar-refractivity contribution in [1.29, 1.82) is 0 Å². The van der Waals surface area contributed by atoms with Crippen molar-refractivity contribution in [1.82, 2.24) is 4.31 Å². The van der Waals surface area contributed by atoms with Crippen LogP contribution in [0, 0.1) is 11.3 Å². The maximum Gasteiger partial charge on any atom is 0.211 e. The first-order chi connectivity index (χ1) is 8.15. The fourth-order valence-electron chi connectivity index (χ4n) is 1.61. The van der Waals surface area contributed by atoms with Crippen LogP contribution in [0.5, 0.6) is 0 Å². The lowest BCUT2D eigenvalue weighted by Crippen LogP contribution is -2.46. The Kier molecular flexibility index (Phi) is 4.14. The Morgan fingerprint density at radius 3 is 1.94 bits per heavy atom. The van der Waals surface area contributed by atoms with Gasteiger partial charge in [-0.2, -0.15) is 4.31 Å². The van der Waals surface area contributed by atoms with E-state index in [1.165, 1.54) is 10.6 Å². The number of hydrogen-bond acceptors (Lipinski definition) is 2. The summed E-state index contributed by atoms with van der Waals surface area (Å²) in [7, 11) is -3.31. The van der Waals surface area contributed by atoms with Crippen molar-refractivity contribution in [3.05, 3.63) is 0 Å². The number of nitrogens with zero attached hydrogens (tertiary/aromatic N) is 1. The SMILES string of the molecule is [2H]CC([2H])(CCN(C(C)(C)C)S(C)(=O)=O)C(C)(C)C. The third-order valence-electron chi connectivity index (χ3n) is 2.83. The highest BCUT2D eigenvalue weighted by molar-refractivity contribution is 7.88. The Hall–Kier alpha value is -0.0900. The molecule has 0 fully saturated rings. The minimum Gasteiger partial charge on any atom is -0.212 e. The van der Waals surface area contributed by atoms with Gasteiger partial charge in [0.25, 0.3) is 0 Å². The molecule has 3 nitrogen and oxygen atoms in total. The van der Waals surface area contributed by atoms with Crippen LogP contribution in [0.2, 0.25) is 0 Å². The summed E-state index contributed by atoms with van der Waals surface area (Å²) < 4.78 is 41.2. The second-order valence-corrected chi connectivity index (χ2v) is 8.52. The molecule has 0 aromatic rings. The van der Waals surface area contributed by atoms with Gasteiger partial charge in [-0.1, -0.05) is 27.7 Å². The molecular weight excluding hydrogens is 234 g/mol. The van der Waals surface area contributed by atoms with Crippen LogP contribution < -0.4 is 0 Å². The highest BCUT2D eigenvalue weighted by atomic mass is 32.2. The van der Waals surface area contributed by atoms with Crippen molar-refractivity contribution in [2.24, 2.45) is 11.3 Å². The van der Waals surface area contributed by atoms with Crippen molar-refractivity contribution >= 4 is 10.0 Å². The minimum absolute atomic E-state index is 0.0295. The first-order valence-electron chi connectivity index (χ1n) is 7.13. The monoisotopic (exact) mass is 265 g/mol. The molecule has 17 heavy (non-hydrogen) atoms. The molecule has 1 unspecified atom stereocenters. The molecule has 4 heteroatoms. The summed E-state index contributed by atoms with van der Waals surface area (Å²) in [5.74, 6) is -0.943. The second kappa shape index (κ2) is 5.27. The van der Waals surface area contributed by atoms with E-state index < -0.39 is 21.5 Å². The van der Waals surface area contributed by atoms with Crippen LogP contribution in [-0.4, -0.2) is 31.1 Å². The van der Waals surface area contributed by atoms with Gasteiger partial charge >= 0.3 is 0 Å². The zero-order valence-corrected chi connectivity index (χ0v) is 13.1. The average Bonchev–Trinajstić information content (AvgIpc) is 2.11. The minimum atomic E-state index is -3.31. The van der Waals surface area contributed by atoms with E-state index in [0.29, 0.717) is 6.42 Å². The molecule has 0 aliphatic heterocycles. The fraction of sp³-hybridized carbons (Fsp3) is 1.00. The molecule has 0 aliphatic carbocycles. The molecule has 0 aromatic heterocycles. The molecule has 0 aromatic carbocycles. The Labute approximate surface area is 110 Å². The van der Waals surface area contributed by atoms with Gasteiger partial charge in [0.15, 0.2) is 0 Å². The van der Waals surface area contributed by atoms with Gasteiger partial charge in [-0.15, -0.1) is 0 Å². The van der Waals surface area contributed by atoms with E-state index in [4.69, 9.17) is 2.74 Å². The summed E-state index contributed by atoms with van der Waals surface area (Å²) in [5.41, 5.74) is -0.857. The van der Waals surface area contributed by atoms with Crippen LogP contribution in [0.25, 0.3) is 0 Å². The fourth-order valence-corrected chi connectivity index (χ4v) is 3.03. The predicted molar refractivity (Wildman–Crippen MR) is 74.5 cm³/mol. The zero-order chi connectivity index (χ0) is 15.7. The average molecular weight is 265 g/mol. The van der Waals surface area contributed by atoms with Gasteiger partial charge in [0.2, 0.25) is 10.0 Å². The molecule has 0 spiro atoms. The van der Waals surface area contributed by atoms with Gasteiger partial charge in [0.05, 0.1) is 6.26 Å². The lowest BCUT2D eigenvalue weighted by molar-refractivity contribution is 0.192. The lowest BCUT2D eigenvalue weighted by Gasteiger charge is -2.36. The van der Waals surface area contributed by atoms with Gasteiger partial charge in [0, 0.05) is 14.8 Å². The first-order valence-corrected chi connectivity index (χ1v) is 7.77. The third kappa shape index (κ3) is 5.87. The molecule has 0 amide bonds. The van der Waals surface area contributed by atoms with Crippen LogP contribution in [-0.2, 0) is 10.0 Å². The third-order valence-corrected chi connectivity index (χ3v) is 4.36. The molecular formula is C13H29NO2S. The zero-order valence-electron chi connectivity index (χ0n) is 14.3. The Morgan fingerprint density at radius 2 is 1.71 bits per heavy atom. The molecule has 0 radical (unpaired) electrons. The Bertz CT molecular complexity index is 396. The van der Waals surface area contributed by atoms with Crippen molar-refractivity contribution in [3.63, 3.8) is 0 Å². The van der Waals surface area contributed by atoms with Crippen LogP contribution in [0.15, 0.2) is 0 Å². The smallest absolute Gasteiger partial charge is 0.211 e. The van der Waals surface area contributed by atoms with Gasteiger partial charge in [-0.25, -0.2) is 8.42 Å². The number of rotatable bonds is 4. The van der Waals surface area contributed by atoms with E-state index in [0.717, 1.165) is 0 Å². The van der Waals surface area contributed by atoms with E-state index in [9.17, 15) is 8.42 Å². The summed E-state index contributed by atoms with van der Waals surface area (Å²) in [5, 5.41) is 0. The second-order valence-electron chi connectivity index (χ2n) is 6.61. The molecule has 0 heterocycles. The van der Waals surface area contributed by atoms with Crippen LogP contribution in [0.3, 0.4) is 0 Å². The predicted octanol–water partition coefficient (Wildman–Crippen LogP) is 3.12. The summed E-state index contributed by atoms with van der Waals surface area (Å²) in [6.07, 6.45) is 1.56.